The molecule has 0 heterocycles. The molecule has 0 saturated heterocycles. The van der Waals surface area contributed by atoms with Crippen molar-refractivity contribution in [1.29, 1.82) is 0 Å². The summed E-state index contributed by atoms with van der Waals surface area (Å²) < 4.78 is 28.7. The van der Waals surface area contributed by atoms with Crippen LogP contribution in [0.1, 0.15) is 23.6 Å². The lowest BCUT2D eigenvalue weighted by molar-refractivity contribution is -0.139. The first-order valence-electron chi connectivity index (χ1n) is 11.5. The van der Waals surface area contributed by atoms with E-state index >= 15 is 0 Å². The SMILES string of the molecule is CNC(=O)[C@H](C)N(Cc1ccc(Cl)cc1)C(=O)CN(c1cccc(C)c1C)S(=O)(=O)c1ccccc1. The van der Waals surface area contributed by atoms with Crippen molar-refractivity contribution < 1.29 is 18.0 Å². The number of sulfonamides is 1. The van der Waals surface area contributed by atoms with Crippen LogP contribution in [0, 0.1) is 13.8 Å². The quantitative estimate of drug-likeness (QED) is 0.449. The molecule has 0 aliphatic heterocycles. The fourth-order valence-corrected chi connectivity index (χ4v) is 5.44. The first-order chi connectivity index (χ1) is 17.1. The Kier molecular flexibility index (Phi) is 8.76. The molecule has 2 amide bonds. The minimum Gasteiger partial charge on any atom is -0.357 e. The van der Waals surface area contributed by atoms with Gasteiger partial charge in [0, 0.05) is 18.6 Å². The summed E-state index contributed by atoms with van der Waals surface area (Å²) in [4.78, 5) is 27.7. The van der Waals surface area contributed by atoms with E-state index < -0.39 is 28.5 Å². The van der Waals surface area contributed by atoms with Gasteiger partial charge in [-0.15, -0.1) is 0 Å². The Balaban J connectivity index is 2.06. The number of hydrogen-bond donors (Lipinski definition) is 1. The van der Waals surface area contributed by atoms with Crippen LogP contribution in [0.5, 0.6) is 0 Å². The Morgan fingerprint density at radius 3 is 2.19 bits per heavy atom. The number of nitrogens with one attached hydrogen (secondary N) is 1. The smallest absolute Gasteiger partial charge is 0.264 e. The lowest BCUT2D eigenvalue weighted by atomic mass is 10.1. The van der Waals surface area contributed by atoms with Crippen molar-refractivity contribution in [2.45, 2.75) is 38.3 Å². The molecule has 1 atom stereocenters. The van der Waals surface area contributed by atoms with E-state index in [1.807, 2.05) is 19.9 Å². The van der Waals surface area contributed by atoms with E-state index in [9.17, 15) is 18.0 Å². The molecule has 3 aromatic rings. The Morgan fingerprint density at radius 1 is 0.944 bits per heavy atom. The first-order valence-corrected chi connectivity index (χ1v) is 13.3. The van der Waals surface area contributed by atoms with Gasteiger partial charge in [0.05, 0.1) is 10.6 Å². The Labute approximate surface area is 217 Å². The molecular weight excluding hydrogens is 498 g/mol. The maximum Gasteiger partial charge on any atom is 0.264 e. The molecular formula is C27H30ClN3O4S. The van der Waals surface area contributed by atoms with Gasteiger partial charge in [-0.05, 0) is 67.8 Å². The van der Waals surface area contributed by atoms with Crippen molar-refractivity contribution in [1.82, 2.24) is 10.2 Å². The van der Waals surface area contributed by atoms with Crippen LogP contribution in [0.4, 0.5) is 5.69 Å². The zero-order valence-electron chi connectivity index (χ0n) is 20.7. The predicted molar refractivity (Wildman–Crippen MR) is 142 cm³/mol. The highest BCUT2D eigenvalue weighted by Crippen LogP contribution is 2.29. The van der Waals surface area contributed by atoms with E-state index in [2.05, 4.69) is 5.32 Å². The Hall–Kier alpha value is -3.36. The third-order valence-electron chi connectivity index (χ3n) is 6.13. The highest BCUT2D eigenvalue weighted by atomic mass is 35.5. The van der Waals surface area contributed by atoms with Gasteiger partial charge in [0.2, 0.25) is 11.8 Å². The number of aryl methyl sites for hydroxylation is 1. The number of hydrogen-bond acceptors (Lipinski definition) is 4. The van der Waals surface area contributed by atoms with Crippen LogP contribution < -0.4 is 9.62 Å². The number of benzene rings is 3. The molecule has 0 saturated carbocycles. The number of nitrogens with zero attached hydrogens (tertiary/aromatic N) is 2. The summed E-state index contributed by atoms with van der Waals surface area (Å²) in [7, 11) is -2.59. The average molecular weight is 528 g/mol. The Bertz CT molecular complexity index is 1330. The van der Waals surface area contributed by atoms with Gasteiger partial charge in [0.15, 0.2) is 0 Å². The van der Waals surface area contributed by atoms with Gasteiger partial charge >= 0.3 is 0 Å². The van der Waals surface area contributed by atoms with E-state index in [0.29, 0.717) is 10.7 Å². The summed E-state index contributed by atoms with van der Waals surface area (Å²) >= 11 is 6.00. The first kappa shape index (κ1) is 27.2. The summed E-state index contributed by atoms with van der Waals surface area (Å²) in [6.07, 6.45) is 0. The fraction of sp³-hybridized carbons (Fsp3) is 0.259. The number of anilines is 1. The lowest BCUT2D eigenvalue weighted by Crippen LogP contribution is -2.50. The summed E-state index contributed by atoms with van der Waals surface area (Å²) in [5.74, 6) is -0.872. The second-order valence-corrected chi connectivity index (χ2v) is 10.8. The molecule has 9 heteroatoms. The molecule has 3 rings (SSSR count). The molecule has 36 heavy (non-hydrogen) atoms. The number of carbonyl (C=O) groups excluding carboxylic acids is 2. The van der Waals surface area contributed by atoms with Crippen molar-refractivity contribution in [2.75, 3.05) is 17.9 Å². The second-order valence-electron chi connectivity index (χ2n) is 8.48. The zero-order valence-corrected chi connectivity index (χ0v) is 22.3. The molecule has 0 bridgehead atoms. The van der Waals surface area contributed by atoms with Crippen molar-refractivity contribution >= 4 is 39.1 Å². The fourth-order valence-electron chi connectivity index (χ4n) is 3.82. The standard InChI is InChI=1S/C27H30ClN3O4S/c1-19-9-8-12-25(20(19)2)31(36(34,35)24-10-6-5-7-11-24)18-26(32)30(21(3)27(33)29-4)17-22-13-15-23(28)16-14-22/h5-16,21H,17-18H2,1-4H3,(H,29,33)/t21-/m0/s1. The van der Waals surface area contributed by atoms with Crippen LogP contribution in [0.3, 0.4) is 0 Å². The molecule has 0 aromatic heterocycles. The van der Waals surface area contributed by atoms with Crippen molar-refractivity contribution in [3.8, 4) is 0 Å². The molecule has 0 spiro atoms. The van der Waals surface area contributed by atoms with Gasteiger partial charge in [-0.3, -0.25) is 13.9 Å². The van der Waals surface area contributed by atoms with Gasteiger partial charge < -0.3 is 10.2 Å². The van der Waals surface area contributed by atoms with Crippen LogP contribution in [-0.4, -0.2) is 44.8 Å². The summed E-state index contributed by atoms with van der Waals surface area (Å²) in [6.45, 7) is 4.95. The van der Waals surface area contributed by atoms with Gasteiger partial charge in [-0.1, -0.05) is 54.1 Å². The Morgan fingerprint density at radius 2 is 1.58 bits per heavy atom. The molecule has 1 N–H and O–H groups in total. The highest BCUT2D eigenvalue weighted by Gasteiger charge is 2.33. The van der Waals surface area contributed by atoms with Crippen LogP contribution in [-0.2, 0) is 26.2 Å². The topological polar surface area (TPSA) is 86.8 Å². The molecule has 3 aromatic carbocycles. The van der Waals surface area contributed by atoms with E-state index in [0.717, 1.165) is 21.0 Å². The van der Waals surface area contributed by atoms with Crippen LogP contribution in [0.25, 0.3) is 0 Å². The molecule has 0 aliphatic carbocycles. The van der Waals surface area contributed by atoms with Gasteiger partial charge in [0.25, 0.3) is 10.0 Å². The zero-order chi connectivity index (χ0) is 26.5. The molecule has 0 radical (unpaired) electrons. The monoisotopic (exact) mass is 527 g/mol. The van der Waals surface area contributed by atoms with Crippen LogP contribution in [0.2, 0.25) is 5.02 Å². The van der Waals surface area contributed by atoms with E-state index in [-0.39, 0.29) is 17.3 Å². The van der Waals surface area contributed by atoms with E-state index in [4.69, 9.17) is 11.6 Å². The summed E-state index contributed by atoms with van der Waals surface area (Å²) in [5.41, 5.74) is 2.80. The van der Waals surface area contributed by atoms with Crippen LogP contribution >= 0.6 is 11.6 Å². The number of rotatable bonds is 9. The largest absolute Gasteiger partial charge is 0.357 e. The lowest BCUT2D eigenvalue weighted by Gasteiger charge is -2.32. The van der Waals surface area contributed by atoms with Crippen molar-refractivity contribution in [2.24, 2.45) is 0 Å². The number of halogens is 1. The number of carbonyl (C=O) groups is 2. The van der Waals surface area contributed by atoms with E-state index in [1.165, 1.54) is 24.1 Å². The average Bonchev–Trinajstić information content (AvgIpc) is 2.88. The van der Waals surface area contributed by atoms with Crippen LogP contribution in [0.15, 0.2) is 77.7 Å². The minimum absolute atomic E-state index is 0.0716. The molecule has 0 aliphatic rings. The highest BCUT2D eigenvalue weighted by molar-refractivity contribution is 7.92. The van der Waals surface area contributed by atoms with Crippen molar-refractivity contribution in [3.05, 3.63) is 94.5 Å². The number of likely N-dealkylation sites (N-methyl/N-ethyl adjacent to an activating group) is 1. The summed E-state index contributed by atoms with van der Waals surface area (Å²) in [5, 5.41) is 3.11. The summed E-state index contributed by atoms with van der Waals surface area (Å²) in [6, 6.07) is 19.4. The molecule has 7 nitrogen and oxygen atoms in total. The minimum atomic E-state index is -4.08. The van der Waals surface area contributed by atoms with Gasteiger partial charge in [0.1, 0.15) is 12.6 Å². The second kappa shape index (κ2) is 11.6. The maximum atomic E-state index is 13.8. The number of amides is 2. The van der Waals surface area contributed by atoms with E-state index in [1.54, 1.807) is 61.5 Å². The molecule has 0 unspecified atom stereocenters. The molecule has 0 fully saturated rings. The third kappa shape index (κ3) is 6.06. The van der Waals surface area contributed by atoms with Crippen molar-refractivity contribution in [3.63, 3.8) is 0 Å². The van der Waals surface area contributed by atoms with Gasteiger partial charge in [-0.25, -0.2) is 8.42 Å². The normalized spacial score (nSPS) is 12.0. The predicted octanol–water partition coefficient (Wildman–Crippen LogP) is 4.32. The molecule has 190 valence electrons. The maximum absolute atomic E-state index is 13.8. The third-order valence-corrected chi connectivity index (χ3v) is 8.16. The van der Waals surface area contributed by atoms with Gasteiger partial charge in [-0.2, -0.15) is 0 Å².